The molecule has 34 heavy (non-hydrogen) atoms. The van der Waals surface area contributed by atoms with E-state index in [1.807, 2.05) is 0 Å². The Morgan fingerprint density at radius 3 is 1.59 bits per heavy atom. The van der Waals surface area contributed by atoms with Crippen molar-refractivity contribution in [3.05, 3.63) is 167 Å². The molecule has 0 N–H and O–H groups in total. The molecular weight excluding hydrogens is 427 g/mol. The number of hydrogen-bond acceptors (Lipinski definition) is 0. The van der Waals surface area contributed by atoms with Crippen molar-refractivity contribution in [1.29, 1.82) is 0 Å². The van der Waals surface area contributed by atoms with Crippen LogP contribution in [0.25, 0.3) is 11.6 Å². The van der Waals surface area contributed by atoms with E-state index < -0.39 is 7.92 Å². The van der Waals surface area contributed by atoms with E-state index in [-0.39, 0.29) is 5.66 Å². The standard InChI is InChI=1S/C33H25P/c1-4-14-25(15-5-1)32-24-26-16-10-11-21-29(26)33(31-23-13-12-22-30(31)32)34(27-17-6-2-7-18-27)28-19-8-3-9-20-28/h1-24,33H/t33-/m1/s1. The Labute approximate surface area is 203 Å². The molecule has 1 aliphatic carbocycles. The monoisotopic (exact) mass is 452 g/mol. The SMILES string of the molecule is C1=C(c2ccccc2)c2ccccc2[C@H](P(c2ccccc2)c2ccccc2)c2ccccc21. The molecule has 0 bridgehead atoms. The summed E-state index contributed by atoms with van der Waals surface area (Å²) in [6.07, 6.45) is 2.40. The third-order valence-corrected chi connectivity index (χ3v) is 9.33. The van der Waals surface area contributed by atoms with Crippen molar-refractivity contribution in [2.24, 2.45) is 0 Å². The van der Waals surface area contributed by atoms with E-state index in [0.29, 0.717) is 0 Å². The van der Waals surface area contributed by atoms with Crippen LogP contribution in [0.5, 0.6) is 0 Å². The van der Waals surface area contributed by atoms with Crippen LogP contribution in [-0.2, 0) is 0 Å². The van der Waals surface area contributed by atoms with E-state index in [1.54, 1.807) is 0 Å². The number of hydrogen-bond donors (Lipinski definition) is 0. The summed E-state index contributed by atoms with van der Waals surface area (Å²) >= 11 is 0. The molecule has 162 valence electrons. The summed E-state index contributed by atoms with van der Waals surface area (Å²) < 4.78 is 0. The normalized spacial score (nSPS) is 14.6. The molecule has 1 heteroatoms. The molecule has 0 amide bonds. The highest BCUT2D eigenvalue weighted by Gasteiger charge is 2.33. The number of fused-ring (bicyclic) bond motifs is 2. The number of benzene rings is 5. The van der Waals surface area contributed by atoms with Crippen LogP contribution in [0.2, 0.25) is 0 Å². The Balaban J connectivity index is 1.66. The highest BCUT2D eigenvalue weighted by Crippen LogP contribution is 2.57. The molecule has 0 aromatic heterocycles. The van der Waals surface area contributed by atoms with E-state index in [1.165, 1.54) is 44.0 Å². The smallest absolute Gasteiger partial charge is 0.0384 e. The van der Waals surface area contributed by atoms with Crippen LogP contribution >= 0.6 is 7.92 Å². The van der Waals surface area contributed by atoms with Gasteiger partial charge in [0.15, 0.2) is 0 Å². The minimum absolute atomic E-state index is 0.254. The van der Waals surface area contributed by atoms with Crippen LogP contribution in [0, 0.1) is 0 Å². The van der Waals surface area contributed by atoms with Crippen molar-refractivity contribution in [3.63, 3.8) is 0 Å². The Kier molecular flexibility index (Phi) is 5.68. The van der Waals surface area contributed by atoms with E-state index in [4.69, 9.17) is 0 Å². The Bertz CT molecular complexity index is 1400. The third kappa shape index (κ3) is 3.81. The molecule has 0 fully saturated rings. The van der Waals surface area contributed by atoms with Crippen molar-refractivity contribution < 1.29 is 0 Å². The average Bonchev–Trinajstić information content (AvgIpc) is 3.06. The first kappa shape index (κ1) is 20.8. The predicted octanol–water partition coefficient (Wildman–Crippen LogP) is 7.81. The minimum atomic E-state index is -0.681. The van der Waals surface area contributed by atoms with Gasteiger partial charge in [0.2, 0.25) is 0 Å². The van der Waals surface area contributed by atoms with E-state index in [9.17, 15) is 0 Å². The molecule has 0 heterocycles. The van der Waals surface area contributed by atoms with Crippen molar-refractivity contribution in [2.75, 3.05) is 0 Å². The van der Waals surface area contributed by atoms with Crippen LogP contribution < -0.4 is 10.6 Å². The lowest BCUT2D eigenvalue weighted by Crippen LogP contribution is -2.18. The summed E-state index contributed by atoms with van der Waals surface area (Å²) in [5, 5.41) is 2.81. The van der Waals surface area contributed by atoms with Gasteiger partial charge in [-0.05, 0) is 58.0 Å². The first-order valence-corrected chi connectivity index (χ1v) is 13.2. The van der Waals surface area contributed by atoms with Crippen LogP contribution in [0.15, 0.2) is 140 Å². The molecule has 1 atom stereocenters. The van der Waals surface area contributed by atoms with Crippen LogP contribution in [-0.4, -0.2) is 0 Å². The fourth-order valence-corrected chi connectivity index (χ4v) is 7.93. The van der Waals surface area contributed by atoms with Gasteiger partial charge in [-0.15, -0.1) is 0 Å². The van der Waals surface area contributed by atoms with E-state index in [2.05, 4.69) is 146 Å². The van der Waals surface area contributed by atoms with Crippen molar-refractivity contribution in [3.8, 4) is 0 Å². The second kappa shape index (κ2) is 9.26. The first-order valence-electron chi connectivity index (χ1n) is 11.7. The highest BCUT2D eigenvalue weighted by atomic mass is 31.1. The summed E-state index contributed by atoms with van der Waals surface area (Å²) in [7, 11) is -0.681. The Morgan fingerprint density at radius 2 is 0.941 bits per heavy atom. The fraction of sp³-hybridized carbons (Fsp3) is 0.0303. The molecule has 0 nitrogen and oxygen atoms in total. The van der Waals surface area contributed by atoms with Crippen molar-refractivity contribution >= 4 is 30.2 Å². The average molecular weight is 453 g/mol. The third-order valence-electron chi connectivity index (χ3n) is 6.55. The predicted molar refractivity (Wildman–Crippen MR) is 147 cm³/mol. The molecule has 0 radical (unpaired) electrons. The molecule has 5 aromatic carbocycles. The first-order chi connectivity index (χ1) is 16.9. The second-order valence-electron chi connectivity index (χ2n) is 8.58. The van der Waals surface area contributed by atoms with Gasteiger partial charge in [-0.2, -0.15) is 0 Å². The minimum Gasteiger partial charge on any atom is -0.0622 e. The molecule has 0 saturated carbocycles. The van der Waals surface area contributed by atoms with Gasteiger partial charge < -0.3 is 0 Å². The quantitative estimate of drug-likeness (QED) is 0.244. The van der Waals surface area contributed by atoms with E-state index in [0.717, 1.165) is 0 Å². The fourth-order valence-electron chi connectivity index (χ4n) is 5.03. The maximum Gasteiger partial charge on any atom is 0.0384 e. The van der Waals surface area contributed by atoms with E-state index >= 15 is 0 Å². The summed E-state index contributed by atoms with van der Waals surface area (Å²) in [5.41, 5.74) is 8.25. The zero-order chi connectivity index (χ0) is 22.7. The van der Waals surface area contributed by atoms with Gasteiger partial charge in [0.25, 0.3) is 0 Å². The second-order valence-corrected chi connectivity index (χ2v) is 10.9. The van der Waals surface area contributed by atoms with Gasteiger partial charge >= 0.3 is 0 Å². The maximum atomic E-state index is 2.40. The van der Waals surface area contributed by atoms with Gasteiger partial charge in [-0.25, -0.2) is 0 Å². The molecule has 0 aliphatic heterocycles. The molecule has 6 rings (SSSR count). The van der Waals surface area contributed by atoms with Gasteiger partial charge in [0.1, 0.15) is 0 Å². The molecule has 0 unspecified atom stereocenters. The maximum absolute atomic E-state index is 2.40. The lowest BCUT2D eigenvalue weighted by atomic mass is 9.93. The zero-order valence-electron chi connectivity index (χ0n) is 18.9. The van der Waals surface area contributed by atoms with Gasteiger partial charge in [-0.1, -0.05) is 140 Å². The molecule has 0 spiro atoms. The largest absolute Gasteiger partial charge is 0.0622 e. The van der Waals surface area contributed by atoms with Crippen LogP contribution in [0.3, 0.4) is 0 Å². The van der Waals surface area contributed by atoms with Crippen molar-refractivity contribution in [2.45, 2.75) is 5.66 Å². The summed E-state index contributed by atoms with van der Waals surface area (Å²) in [4.78, 5) is 0. The van der Waals surface area contributed by atoms with Gasteiger partial charge in [0, 0.05) is 5.66 Å². The highest BCUT2D eigenvalue weighted by molar-refractivity contribution is 7.73. The Hall–Kier alpha value is -3.73. The molecule has 0 saturated heterocycles. The van der Waals surface area contributed by atoms with Crippen molar-refractivity contribution in [1.82, 2.24) is 0 Å². The molecular formula is C33H25P. The summed E-state index contributed by atoms with van der Waals surface area (Å²) in [5.74, 6) is 0. The topological polar surface area (TPSA) is 0 Å². The lowest BCUT2D eigenvalue weighted by Gasteiger charge is -2.31. The summed E-state index contributed by atoms with van der Waals surface area (Å²) in [6.45, 7) is 0. The lowest BCUT2D eigenvalue weighted by molar-refractivity contribution is 1.13. The molecule has 5 aromatic rings. The molecule has 1 aliphatic rings. The number of rotatable bonds is 4. The van der Waals surface area contributed by atoms with Crippen LogP contribution in [0.4, 0.5) is 0 Å². The van der Waals surface area contributed by atoms with Crippen LogP contribution in [0.1, 0.15) is 33.5 Å². The van der Waals surface area contributed by atoms with Gasteiger partial charge in [0.05, 0.1) is 0 Å². The Morgan fingerprint density at radius 1 is 0.441 bits per heavy atom. The zero-order valence-corrected chi connectivity index (χ0v) is 19.8. The summed E-state index contributed by atoms with van der Waals surface area (Å²) in [6, 6.07) is 51.0. The van der Waals surface area contributed by atoms with Gasteiger partial charge in [-0.3, -0.25) is 0 Å².